The molecule has 6 rings (SSSR count). The molecule has 2 fully saturated rings. The van der Waals surface area contributed by atoms with Crippen LogP contribution in [0.3, 0.4) is 0 Å². The molecule has 0 bridgehead atoms. The Morgan fingerprint density at radius 2 is 1.38 bits per heavy atom. The Labute approximate surface area is 190 Å². The minimum absolute atomic E-state index is 0.0895. The van der Waals surface area contributed by atoms with Gasteiger partial charge in [-0.15, -0.1) is 0 Å². The van der Waals surface area contributed by atoms with Gasteiger partial charge in [-0.2, -0.15) is 0 Å². The first-order valence-corrected chi connectivity index (χ1v) is 11.9. The summed E-state index contributed by atoms with van der Waals surface area (Å²) in [6, 6.07) is 29.9. The molecular weight excluding hydrogens is 392 g/mol. The van der Waals surface area contributed by atoms with Crippen molar-refractivity contribution >= 4 is 11.6 Å². The van der Waals surface area contributed by atoms with E-state index < -0.39 is 0 Å². The summed E-state index contributed by atoms with van der Waals surface area (Å²) in [6.07, 6.45) is 4.15. The highest BCUT2D eigenvalue weighted by molar-refractivity contribution is 6.05. The average molecular weight is 423 g/mol. The van der Waals surface area contributed by atoms with Crippen LogP contribution in [-0.4, -0.2) is 30.4 Å². The van der Waals surface area contributed by atoms with Crippen molar-refractivity contribution in [2.45, 2.75) is 43.1 Å². The fraction of sp³-hybridized carbons (Fsp3) is 0.345. The van der Waals surface area contributed by atoms with Crippen LogP contribution < -0.4 is 4.90 Å². The number of hydrogen-bond acceptors (Lipinski definition) is 2. The van der Waals surface area contributed by atoms with Gasteiger partial charge in [-0.1, -0.05) is 78.9 Å². The molecule has 2 heterocycles. The number of para-hydroxylation sites is 1. The van der Waals surface area contributed by atoms with Crippen LogP contribution in [0.4, 0.5) is 5.69 Å². The molecule has 2 aliphatic heterocycles. The summed E-state index contributed by atoms with van der Waals surface area (Å²) >= 11 is 0. The van der Waals surface area contributed by atoms with Crippen LogP contribution in [0.2, 0.25) is 0 Å². The van der Waals surface area contributed by atoms with E-state index in [2.05, 4.69) is 88.7 Å². The molecular formula is C29H30N2O. The van der Waals surface area contributed by atoms with E-state index in [1.54, 1.807) is 0 Å². The summed E-state index contributed by atoms with van der Waals surface area (Å²) in [5.41, 5.74) is 4.87. The van der Waals surface area contributed by atoms with E-state index in [9.17, 15) is 4.79 Å². The fourth-order valence-electron chi connectivity index (χ4n) is 5.99. The lowest BCUT2D eigenvalue weighted by molar-refractivity contribution is -0.121. The van der Waals surface area contributed by atoms with Crippen LogP contribution >= 0.6 is 0 Å². The zero-order valence-electron chi connectivity index (χ0n) is 18.5. The number of rotatable bonds is 4. The molecule has 0 atom stereocenters. The lowest BCUT2D eigenvalue weighted by Gasteiger charge is -2.40. The number of piperidine rings is 1. The number of nitrogens with zero attached hydrogens (tertiary/aromatic N) is 2. The molecule has 0 N–H and O–H groups in total. The van der Waals surface area contributed by atoms with Gasteiger partial charge in [0.25, 0.3) is 0 Å². The minimum Gasteiger partial charge on any atom is -0.310 e. The smallest absolute Gasteiger partial charge is 0.237 e. The molecule has 1 aliphatic carbocycles. The molecule has 3 aromatic carbocycles. The van der Waals surface area contributed by atoms with Crippen LogP contribution in [0.5, 0.6) is 0 Å². The average Bonchev–Trinajstić information content (AvgIpc) is 3.61. The molecule has 3 nitrogen and oxygen atoms in total. The first-order chi connectivity index (χ1) is 15.7. The third-order valence-electron chi connectivity index (χ3n) is 8.02. The highest BCUT2D eigenvalue weighted by Gasteiger charge is 2.56. The van der Waals surface area contributed by atoms with Crippen molar-refractivity contribution < 1.29 is 4.79 Å². The second-order valence-electron chi connectivity index (χ2n) is 9.90. The highest BCUT2D eigenvalue weighted by Crippen LogP contribution is 2.54. The topological polar surface area (TPSA) is 23.6 Å². The number of amides is 1. The molecule has 0 radical (unpaired) electrons. The first kappa shape index (κ1) is 19.8. The Kier molecular flexibility index (Phi) is 4.69. The third kappa shape index (κ3) is 3.18. The van der Waals surface area contributed by atoms with Gasteiger partial charge in [0.1, 0.15) is 0 Å². The second-order valence-corrected chi connectivity index (χ2v) is 9.90. The van der Waals surface area contributed by atoms with Crippen molar-refractivity contribution in [3.05, 3.63) is 102 Å². The Balaban J connectivity index is 1.25. The summed E-state index contributed by atoms with van der Waals surface area (Å²) in [5, 5.41) is 0. The zero-order valence-corrected chi connectivity index (χ0v) is 18.5. The van der Waals surface area contributed by atoms with Crippen molar-refractivity contribution in [1.82, 2.24) is 4.90 Å². The van der Waals surface area contributed by atoms with E-state index in [-0.39, 0.29) is 10.8 Å². The lowest BCUT2D eigenvalue weighted by Crippen LogP contribution is -2.47. The standard InChI is InChI=1S/C29H30N2O/c32-27(29(15-16-29)24-11-5-2-6-12-24)31-22-28(25-13-7-8-14-26(25)31)17-19-30(20-18-28)21-23-9-3-1-4-10-23/h1-14H,15-22H2. The van der Waals surface area contributed by atoms with Gasteiger partial charge >= 0.3 is 0 Å². The van der Waals surface area contributed by atoms with Crippen LogP contribution in [-0.2, 0) is 22.2 Å². The van der Waals surface area contributed by atoms with E-state index in [1.807, 2.05) is 6.07 Å². The molecule has 1 saturated heterocycles. The number of carbonyl (C=O) groups excluding carboxylic acids is 1. The predicted molar refractivity (Wildman–Crippen MR) is 129 cm³/mol. The summed E-state index contributed by atoms with van der Waals surface area (Å²) in [5.74, 6) is 0.305. The largest absolute Gasteiger partial charge is 0.310 e. The van der Waals surface area contributed by atoms with E-state index in [0.29, 0.717) is 5.91 Å². The van der Waals surface area contributed by atoms with Crippen LogP contribution in [0.15, 0.2) is 84.9 Å². The van der Waals surface area contributed by atoms with Crippen molar-refractivity contribution in [2.24, 2.45) is 0 Å². The van der Waals surface area contributed by atoms with E-state index in [4.69, 9.17) is 0 Å². The SMILES string of the molecule is O=C(N1CC2(CCN(Cc3ccccc3)CC2)c2ccccc21)C1(c2ccccc2)CC1. The van der Waals surface area contributed by atoms with Crippen molar-refractivity contribution in [3.63, 3.8) is 0 Å². The molecule has 0 unspecified atom stereocenters. The molecule has 3 heteroatoms. The lowest BCUT2D eigenvalue weighted by atomic mass is 9.74. The monoisotopic (exact) mass is 422 g/mol. The molecule has 0 aromatic heterocycles. The summed E-state index contributed by atoms with van der Waals surface area (Å²) in [6.45, 7) is 4.00. The Morgan fingerprint density at radius 3 is 2.06 bits per heavy atom. The van der Waals surface area contributed by atoms with Crippen LogP contribution in [0.25, 0.3) is 0 Å². The second kappa shape index (κ2) is 7.60. The summed E-state index contributed by atoms with van der Waals surface area (Å²) < 4.78 is 0. The van der Waals surface area contributed by atoms with E-state index >= 15 is 0 Å². The number of anilines is 1. The molecule has 1 amide bonds. The fourth-order valence-corrected chi connectivity index (χ4v) is 5.99. The van der Waals surface area contributed by atoms with Crippen LogP contribution in [0, 0.1) is 0 Å². The van der Waals surface area contributed by atoms with Gasteiger partial charge in [-0.3, -0.25) is 9.69 Å². The quantitative estimate of drug-likeness (QED) is 0.570. The van der Waals surface area contributed by atoms with Crippen LogP contribution in [0.1, 0.15) is 42.4 Å². The molecule has 3 aromatic rings. The van der Waals surface area contributed by atoms with Crippen molar-refractivity contribution in [1.29, 1.82) is 0 Å². The van der Waals surface area contributed by atoms with E-state index in [0.717, 1.165) is 57.5 Å². The maximum atomic E-state index is 13.9. The Bertz CT molecular complexity index is 1110. The predicted octanol–water partition coefficient (Wildman–Crippen LogP) is 5.30. The van der Waals surface area contributed by atoms with Gasteiger partial charge < -0.3 is 4.90 Å². The van der Waals surface area contributed by atoms with E-state index in [1.165, 1.54) is 16.7 Å². The number of hydrogen-bond donors (Lipinski definition) is 0. The normalized spacial score (nSPS) is 20.8. The molecule has 1 saturated carbocycles. The molecule has 162 valence electrons. The first-order valence-electron chi connectivity index (χ1n) is 11.9. The van der Waals surface area contributed by atoms with Gasteiger partial charge in [0, 0.05) is 24.2 Å². The molecule has 3 aliphatic rings. The zero-order chi connectivity index (χ0) is 21.6. The molecule has 32 heavy (non-hydrogen) atoms. The number of fused-ring (bicyclic) bond motifs is 2. The Hall–Kier alpha value is -2.91. The Morgan fingerprint density at radius 1 is 0.750 bits per heavy atom. The maximum Gasteiger partial charge on any atom is 0.237 e. The minimum atomic E-state index is -0.312. The van der Waals surface area contributed by atoms with Gasteiger partial charge in [0.2, 0.25) is 5.91 Å². The molecule has 1 spiro atoms. The van der Waals surface area contributed by atoms with Gasteiger partial charge in [0.15, 0.2) is 0 Å². The van der Waals surface area contributed by atoms with Crippen molar-refractivity contribution in [2.75, 3.05) is 24.5 Å². The third-order valence-corrected chi connectivity index (χ3v) is 8.02. The maximum absolute atomic E-state index is 13.9. The summed E-state index contributed by atoms with van der Waals surface area (Å²) in [7, 11) is 0. The summed E-state index contributed by atoms with van der Waals surface area (Å²) in [4.78, 5) is 18.7. The number of likely N-dealkylation sites (tertiary alicyclic amines) is 1. The number of carbonyl (C=O) groups is 1. The van der Waals surface area contributed by atoms with Gasteiger partial charge in [-0.05, 0) is 61.5 Å². The van der Waals surface area contributed by atoms with Gasteiger partial charge in [0.05, 0.1) is 5.41 Å². The van der Waals surface area contributed by atoms with Gasteiger partial charge in [-0.25, -0.2) is 0 Å². The highest BCUT2D eigenvalue weighted by atomic mass is 16.2. The van der Waals surface area contributed by atoms with Crippen molar-refractivity contribution in [3.8, 4) is 0 Å². The number of benzene rings is 3.